The van der Waals surface area contributed by atoms with E-state index >= 15 is 0 Å². The van der Waals surface area contributed by atoms with Crippen molar-refractivity contribution in [2.24, 2.45) is 5.92 Å². The van der Waals surface area contributed by atoms with Gasteiger partial charge in [-0.15, -0.1) is 0 Å². The van der Waals surface area contributed by atoms with E-state index in [1.807, 2.05) is 13.8 Å². The van der Waals surface area contributed by atoms with Crippen LogP contribution >= 0.6 is 16.1 Å². The fourth-order valence-corrected chi connectivity index (χ4v) is 1.05. The van der Waals surface area contributed by atoms with E-state index in [2.05, 4.69) is 20.5 Å². The Kier molecular flexibility index (Phi) is 11.8. The van der Waals surface area contributed by atoms with Gasteiger partial charge in [0.25, 0.3) is 0 Å². The summed E-state index contributed by atoms with van der Waals surface area (Å²) in [5.41, 5.74) is 0. The molecule has 0 rings (SSSR count). The number of rotatable bonds is 4. The third-order valence-electron chi connectivity index (χ3n) is 1.14. The zero-order valence-electron chi connectivity index (χ0n) is 7.57. The molecule has 0 aromatic heterocycles. The number of carboxylic acid groups (broad SMARTS) is 1. The first-order valence-corrected chi connectivity index (χ1v) is 4.47. The van der Waals surface area contributed by atoms with Gasteiger partial charge in [0.2, 0.25) is 0 Å². The quantitative estimate of drug-likeness (QED) is 0.415. The minimum Gasteiger partial charge on any atom is -0.480 e. The lowest BCUT2D eigenvalue weighted by atomic mass is 10.1. The second-order valence-electron chi connectivity index (χ2n) is 2.74. The maximum absolute atomic E-state index is 10.4. The molecule has 0 saturated heterocycles. The number of hydrogen-bond donors (Lipinski definition) is 4. The number of carboxylic acids is 1. The van der Waals surface area contributed by atoms with Crippen LogP contribution in [0.3, 0.4) is 0 Å². The Hall–Kier alpha value is -0.105. The highest BCUT2D eigenvalue weighted by Gasteiger charge is 2.16. The van der Waals surface area contributed by atoms with Crippen molar-refractivity contribution in [3.05, 3.63) is 0 Å². The van der Waals surface area contributed by atoms with Crippen LogP contribution in [0.1, 0.15) is 20.3 Å². The van der Waals surface area contributed by atoms with Crippen LogP contribution in [0.25, 0.3) is 0 Å². The molecule has 0 aliphatic heterocycles. The zero-order valence-corrected chi connectivity index (χ0v) is 9.15. The Morgan fingerprint density at radius 3 is 2.00 bits per heavy atom. The molecule has 0 amide bonds. The monoisotopic (exact) mass is 254 g/mol. The van der Waals surface area contributed by atoms with Crippen molar-refractivity contribution in [1.82, 2.24) is 4.34 Å². The van der Waals surface area contributed by atoms with Crippen molar-refractivity contribution in [2.45, 2.75) is 26.3 Å². The summed E-state index contributed by atoms with van der Waals surface area (Å²) in [6.45, 7) is 3.97. The van der Waals surface area contributed by atoms with Gasteiger partial charge in [-0.1, -0.05) is 13.8 Å². The Morgan fingerprint density at radius 2 is 1.92 bits per heavy atom. The van der Waals surface area contributed by atoms with E-state index in [0.29, 0.717) is 12.3 Å². The molecule has 5 nitrogen and oxygen atoms in total. The SMILES string of the molecule is CC(C)C[C@H](NBr)C(=O)O.O[B]O. The lowest BCUT2D eigenvalue weighted by Crippen LogP contribution is -2.31. The van der Waals surface area contributed by atoms with Gasteiger partial charge in [0, 0.05) is 16.1 Å². The zero-order chi connectivity index (χ0) is 10.9. The summed E-state index contributed by atoms with van der Waals surface area (Å²) >= 11 is 2.91. The van der Waals surface area contributed by atoms with Crippen LogP contribution in [0, 0.1) is 5.92 Å². The summed E-state index contributed by atoms with van der Waals surface area (Å²) in [6, 6.07) is -0.472. The standard InChI is InChI=1S/C6H12BrNO2.BH2O2/c1-4(2)3-5(8-7)6(9)10;2-1-3/h4-5,8H,3H2,1-2H3,(H,9,10);2-3H/t5-;/m0./s1. The van der Waals surface area contributed by atoms with E-state index in [-0.39, 0.29) is 7.69 Å². The van der Waals surface area contributed by atoms with Gasteiger partial charge in [-0.05, 0) is 12.3 Å². The molecule has 0 spiro atoms. The first kappa shape index (κ1) is 15.4. The first-order chi connectivity index (χ1) is 5.99. The van der Waals surface area contributed by atoms with Crippen molar-refractivity contribution >= 4 is 29.8 Å². The van der Waals surface area contributed by atoms with E-state index < -0.39 is 12.0 Å². The van der Waals surface area contributed by atoms with E-state index in [9.17, 15) is 4.79 Å². The number of hydrogen-bond acceptors (Lipinski definition) is 4. The van der Waals surface area contributed by atoms with Crippen LogP contribution in [-0.4, -0.2) is 34.9 Å². The van der Waals surface area contributed by atoms with Gasteiger partial charge in [-0.2, -0.15) is 0 Å². The van der Waals surface area contributed by atoms with Gasteiger partial charge >= 0.3 is 13.7 Å². The highest BCUT2D eigenvalue weighted by molar-refractivity contribution is 9.08. The fourth-order valence-electron chi connectivity index (χ4n) is 0.663. The van der Waals surface area contributed by atoms with Gasteiger partial charge in [-0.3, -0.25) is 4.79 Å². The van der Waals surface area contributed by atoms with E-state index in [1.165, 1.54) is 0 Å². The Labute approximate surface area is 86.8 Å². The molecule has 0 bridgehead atoms. The number of nitrogens with one attached hydrogen (secondary N) is 1. The van der Waals surface area contributed by atoms with E-state index in [0.717, 1.165) is 0 Å². The molecule has 0 heterocycles. The lowest BCUT2D eigenvalue weighted by Gasteiger charge is -2.11. The summed E-state index contributed by atoms with van der Waals surface area (Å²) in [4.78, 5) is 10.4. The first-order valence-electron chi connectivity index (χ1n) is 3.68. The normalized spacial score (nSPS) is 11.5. The molecule has 0 aliphatic rings. The topological polar surface area (TPSA) is 89.8 Å². The molecule has 0 aromatic carbocycles. The second kappa shape index (κ2) is 9.98. The molecule has 4 N–H and O–H groups in total. The summed E-state index contributed by atoms with van der Waals surface area (Å²) in [5, 5.41) is 22.5. The van der Waals surface area contributed by atoms with Gasteiger partial charge < -0.3 is 15.2 Å². The number of carbonyl (C=O) groups is 1. The Morgan fingerprint density at radius 1 is 1.54 bits per heavy atom. The van der Waals surface area contributed by atoms with E-state index in [4.69, 9.17) is 15.2 Å². The minimum atomic E-state index is -0.814. The highest BCUT2D eigenvalue weighted by Crippen LogP contribution is 2.05. The van der Waals surface area contributed by atoms with Crippen molar-refractivity contribution < 1.29 is 19.9 Å². The molecular formula is C6H14BBrNO4. The third-order valence-corrected chi connectivity index (χ3v) is 1.69. The Balaban J connectivity index is 0. The fraction of sp³-hybridized carbons (Fsp3) is 0.833. The molecule has 0 saturated carbocycles. The molecular weight excluding hydrogens is 241 g/mol. The van der Waals surface area contributed by atoms with Crippen LogP contribution < -0.4 is 4.34 Å². The van der Waals surface area contributed by atoms with Crippen LogP contribution in [0.2, 0.25) is 0 Å². The maximum Gasteiger partial charge on any atom is 0.482 e. The van der Waals surface area contributed by atoms with Crippen molar-refractivity contribution in [3.63, 3.8) is 0 Å². The largest absolute Gasteiger partial charge is 0.482 e. The van der Waals surface area contributed by atoms with Gasteiger partial charge in [0.1, 0.15) is 6.04 Å². The minimum absolute atomic E-state index is 0. The third kappa shape index (κ3) is 11.9. The summed E-state index contributed by atoms with van der Waals surface area (Å²) < 4.78 is 2.55. The predicted molar refractivity (Wildman–Crippen MR) is 53.1 cm³/mol. The molecule has 1 atom stereocenters. The van der Waals surface area contributed by atoms with Crippen molar-refractivity contribution in [2.75, 3.05) is 0 Å². The Bertz CT molecular complexity index is 136. The average Bonchev–Trinajstić information content (AvgIpc) is 2.00. The molecule has 7 heteroatoms. The van der Waals surface area contributed by atoms with Crippen LogP contribution in [0.4, 0.5) is 0 Å². The van der Waals surface area contributed by atoms with Crippen LogP contribution in [-0.2, 0) is 4.79 Å². The van der Waals surface area contributed by atoms with Gasteiger partial charge in [0.15, 0.2) is 0 Å². The smallest absolute Gasteiger partial charge is 0.480 e. The van der Waals surface area contributed by atoms with Crippen molar-refractivity contribution in [1.29, 1.82) is 0 Å². The summed E-state index contributed by atoms with van der Waals surface area (Å²) in [7, 11) is 0. The summed E-state index contributed by atoms with van der Waals surface area (Å²) in [5.74, 6) is -0.420. The number of aliphatic carboxylic acids is 1. The average molecular weight is 255 g/mol. The lowest BCUT2D eigenvalue weighted by molar-refractivity contribution is -0.139. The molecule has 1 radical (unpaired) electrons. The molecule has 0 unspecified atom stereocenters. The van der Waals surface area contributed by atoms with Crippen LogP contribution in [0.5, 0.6) is 0 Å². The molecule has 13 heavy (non-hydrogen) atoms. The van der Waals surface area contributed by atoms with Crippen LogP contribution in [0.15, 0.2) is 0 Å². The number of halogens is 1. The molecule has 77 valence electrons. The maximum atomic E-state index is 10.4. The summed E-state index contributed by atoms with van der Waals surface area (Å²) in [6.07, 6.45) is 0.639. The molecule has 0 fully saturated rings. The molecule has 0 aliphatic carbocycles. The highest BCUT2D eigenvalue weighted by atomic mass is 79.9. The van der Waals surface area contributed by atoms with Gasteiger partial charge in [-0.25, -0.2) is 4.34 Å². The predicted octanol–water partition coefficient (Wildman–Crippen LogP) is -0.110. The second-order valence-corrected chi connectivity index (χ2v) is 3.20. The molecule has 0 aromatic rings. The van der Waals surface area contributed by atoms with E-state index in [1.54, 1.807) is 0 Å². The van der Waals surface area contributed by atoms with Gasteiger partial charge in [0.05, 0.1) is 0 Å². The van der Waals surface area contributed by atoms with Crippen molar-refractivity contribution in [3.8, 4) is 0 Å².